The SMILES string of the molecule is CC/C=C\C/C=C\CC(O)/C=C/C=C\C/C=C\CCCC(=O)OC[C@H](COP(=O)(O)OCC[N+](C)(C)C)OC(=O)CCC/C=C\C/C=C\C/C=C\CCCCCCCC. The van der Waals surface area contributed by atoms with Crippen molar-refractivity contribution in [2.24, 2.45) is 0 Å². The molecule has 0 aromatic heterocycles. The van der Waals surface area contributed by atoms with Crippen molar-refractivity contribution in [1.29, 1.82) is 0 Å². The van der Waals surface area contributed by atoms with Gasteiger partial charge < -0.3 is 24.0 Å². The second-order valence-corrected chi connectivity index (χ2v) is 17.0. The van der Waals surface area contributed by atoms with E-state index in [9.17, 15) is 24.2 Å². The lowest BCUT2D eigenvalue weighted by atomic mass is 10.1. The van der Waals surface area contributed by atoms with Crippen LogP contribution in [0.1, 0.15) is 136 Å². The van der Waals surface area contributed by atoms with Gasteiger partial charge in [0.15, 0.2) is 6.10 Å². The first-order valence-corrected chi connectivity index (χ1v) is 23.6. The van der Waals surface area contributed by atoms with E-state index < -0.39 is 38.6 Å². The Morgan fingerprint density at radius 2 is 1.17 bits per heavy atom. The second kappa shape index (κ2) is 39.1. The van der Waals surface area contributed by atoms with E-state index in [0.29, 0.717) is 43.1 Å². The highest BCUT2D eigenvalue weighted by molar-refractivity contribution is 7.47. The molecule has 2 N–H and O–H groups in total. The summed E-state index contributed by atoms with van der Waals surface area (Å²) in [5.41, 5.74) is 0. The van der Waals surface area contributed by atoms with Crippen molar-refractivity contribution in [3.8, 4) is 0 Å². The molecular weight excluding hydrogens is 765 g/mol. The molecule has 0 saturated carbocycles. The quantitative estimate of drug-likeness (QED) is 0.0156. The highest BCUT2D eigenvalue weighted by Crippen LogP contribution is 2.43. The molecule has 2 unspecified atom stereocenters. The zero-order valence-corrected chi connectivity index (χ0v) is 38.2. The van der Waals surface area contributed by atoms with Crippen LogP contribution in [-0.2, 0) is 32.7 Å². The van der Waals surface area contributed by atoms with Crippen LogP contribution < -0.4 is 0 Å². The van der Waals surface area contributed by atoms with Crippen LogP contribution >= 0.6 is 7.82 Å². The van der Waals surface area contributed by atoms with Crippen molar-refractivity contribution in [2.45, 2.75) is 148 Å². The Morgan fingerprint density at radius 1 is 0.627 bits per heavy atom. The van der Waals surface area contributed by atoms with E-state index in [1.165, 1.54) is 38.5 Å². The lowest BCUT2D eigenvalue weighted by Gasteiger charge is -2.24. The van der Waals surface area contributed by atoms with Gasteiger partial charge in [-0.1, -0.05) is 143 Å². The van der Waals surface area contributed by atoms with E-state index >= 15 is 0 Å². The first-order chi connectivity index (χ1) is 28.4. The molecule has 0 rings (SSSR count). The van der Waals surface area contributed by atoms with Crippen LogP contribution in [0.25, 0.3) is 0 Å². The third-order valence-electron chi connectivity index (χ3n) is 8.68. The Labute approximate surface area is 358 Å². The average molecular weight is 847 g/mol. The number of hydrogen-bond donors (Lipinski definition) is 2. The molecule has 0 aromatic carbocycles. The summed E-state index contributed by atoms with van der Waals surface area (Å²) >= 11 is 0. The van der Waals surface area contributed by atoms with Gasteiger partial charge in [0.1, 0.15) is 19.8 Å². The molecule has 0 aliphatic heterocycles. The Bertz CT molecular complexity index is 1340. The molecule has 0 fully saturated rings. The van der Waals surface area contributed by atoms with Crippen molar-refractivity contribution in [1.82, 2.24) is 0 Å². The molecule has 59 heavy (non-hydrogen) atoms. The van der Waals surface area contributed by atoms with E-state index in [0.717, 1.165) is 38.5 Å². The summed E-state index contributed by atoms with van der Waals surface area (Å²) in [5, 5.41) is 10.0. The van der Waals surface area contributed by atoms with Gasteiger partial charge in [-0.15, -0.1) is 0 Å². The van der Waals surface area contributed by atoms with E-state index in [4.69, 9.17) is 18.5 Å². The number of rotatable bonds is 38. The molecule has 336 valence electrons. The van der Waals surface area contributed by atoms with Gasteiger partial charge in [-0.2, -0.15) is 0 Å². The van der Waals surface area contributed by atoms with Gasteiger partial charge in [-0.25, -0.2) is 4.57 Å². The molecule has 0 heterocycles. The summed E-state index contributed by atoms with van der Waals surface area (Å²) in [6.07, 6.45) is 47.9. The lowest BCUT2D eigenvalue weighted by Crippen LogP contribution is -2.37. The standard InChI is InChI=1S/C48H80NO9P/c1-6-8-10-12-14-15-16-17-18-19-20-21-22-23-28-32-36-40-48(52)58-46(44-57-59(53,54)56-42-41-49(3,4)5)43-55-47(51)39-35-31-27-25-24-26-30-34-38-45(50)37-33-29-13-11-9-7-2/h9,11,17-18,20-21,23,25-30,33-34,38,45-46,50H,6-8,10,12-16,19,22,24,31-32,35-37,39-44H2,1-5H3/p+1/b11-9-,18-17-,21-20-,27-25-,28-23-,30-26-,33-29-,38-34+/t45?,46-/m1/s1. The maximum atomic E-state index is 12.7. The number of esters is 2. The van der Waals surface area contributed by atoms with Crippen molar-refractivity contribution in [2.75, 3.05) is 47.5 Å². The van der Waals surface area contributed by atoms with Crippen LogP contribution in [0.3, 0.4) is 0 Å². The number of nitrogens with zero attached hydrogens (tertiary/aromatic N) is 1. The summed E-state index contributed by atoms with van der Waals surface area (Å²) in [6, 6.07) is 0. The maximum absolute atomic E-state index is 12.7. The van der Waals surface area contributed by atoms with Crippen LogP contribution in [0, 0.1) is 0 Å². The van der Waals surface area contributed by atoms with Crippen molar-refractivity contribution in [3.63, 3.8) is 0 Å². The molecule has 11 heteroatoms. The number of unbranched alkanes of at least 4 members (excludes halogenated alkanes) is 8. The fraction of sp³-hybridized carbons (Fsp3) is 0.625. The summed E-state index contributed by atoms with van der Waals surface area (Å²) in [4.78, 5) is 35.3. The predicted octanol–water partition coefficient (Wildman–Crippen LogP) is 11.5. The normalized spacial score (nSPS) is 15.0. The van der Waals surface area contributed by atoms with Crippen LogP contribution in [0.4, 0.5) is 0 Å². The van der Waals surface area contributed by atoms with E-state index in [-0.39, 0.29) is 26.1 Å². The van der Waals surface area contributed by atoms with E-state index in [1.807, 2.05) is 63.7 Å². The van der Waals surface area contributed by atoms with Crippen LogP contribution in [0.5, 0.6) is 0 Å². The summed E-state index contributed by atoms with van der Waals surface area (Å²) in [6.45, 7) is 4.05. The number of hydrogen-bond acceptors (Lipinski definition) is 8. The third kappa shape index (κ3) is 42.8. The number of carbonyl (C=O) groups is 2. The van der Waals surface area contributed by atoms with Gasteiger partial charge >= 0.3 is 19.8 Å². The molecule has 0 aliphatic carbocycles. The number of phosphoric acid groups is 1. The van der Waals surface area contributed by atoms with Gasteiger partial charge in [0.05, 0.1) is 33.9 Å². The Kier molecular flexibility index (Phi) is 37.0. The molecule has 0 amide bonds. The van der Waals surface area contributed by atoms with Crippen LogP contribution in [0.2, 0.25) is 0 Å². The molecule has 0 aromatic rings. The van der Waals surface area contributed by atoms with E-state index in [1.54, 1.807) is 6.08 Å². The number of allylic oxidation sites excluding steroid dienone is 14. The zero-order valence-electron chi connectivity index (χ0n) is 37.3. The van der Waals surface area contributed by atoms with E-state index in [2.05, 4.69) is 62.5 Å². The molecule has 0 bridgehead atoms. The molecule has 0 saturated heterocycles. The molecule has 0 radical (unpaired) electrons. The maximum Gasteiger partial charge on any atom is 0.472 e. The first kappa shape index (κ1) is 55.9. The van der Waals surface area contributed by atoms with Gasteiger partial charge in [-0.3, -0.25) is 18.6 Å². The van der Waals surface area contributed by atoms with Crippen LogP contribution in [0.15, 0.2) is 97.2 Å². The third-order valence-corrected chi connectivity index (χ3v) is 9.66. The molecule has 0 aliphatic rings. The molecule has 3 atom stereocenters. The Morgan fingerprint density at radius 3 is 1.80 bits per heavy atom. The number of phosphoric ester groups is 1. The summed E-state index contributed by atoms with van der Waals surface area (Å²) in [7, 11) is 1.36. The lowest BCUT2D eigenvalue weighted by molar-refractivity contribution is -0.870. The minimum atomic E-state index is -4.42. The number of aliphatic hydroxyl groups is 1. The number of likely N-dealkylation sites (N-methyl/N-ethyl adjacent to an activating group) is 1. The second-order valence-electron chi connectivity index (χ2n) is 15.5. The largest absolute Gasteiger partial charge is 0.472 e. The number of quaternary nitrogens is 1. The predicted molar refractivity (Wildman–Crippen MR) is 244 cm³/mol. The number of carbonyl (C=O) groups excluding carboxylic acids is 2. The molecule has 10 nitrogen and oxygen atoms in total. The minimum Gasteiger partial charge on any atom is -0.462 e. The first-order valence-electron chi connectivity index (χ1n) is 22.1. The fourth-order valence-electron chi connectivity index (χ4n) is 5.21. The van der Waals surface area contributed by atoms with Gasteiger partial charge in [-0.05, 0) is 77.0 Å². The smallest absolute Gasteiger partial charge is 0.462 e. The minimum absolute atomic E-state index is 0.00187. The number of ether oxygens (including phenoxy) is 2. The number of aliphatic hydroxyl groups excluding tert-OH is 1. The fourth-order valence-corrected chi connectivity index (χ4v) is 5.95. The van der Waals surface area contributed by atoms with Gasteiger partial charge in [0.2, 0.25) is 0 Å². The Balaban J connectivity index is 4.62. The monoisotopic (exact) mass is 847 g/mol. The molecule has 0 spiro atoms. The van der Waals surface area contributed by atoms with Crippen LogP contribution in [-0.4, -0.2) is 86.1 Å². The average Bonchev–Trinajstić information content (AvgIpc) is 3.18. The van der Waals surface area contributed by atoms with Crippen molar-refractivity contribution in [3.05, 3.63) is 97.2 Å². The highest BCUT2D eigenvalue weighted by atomic mass is 31.2. The zero-order chi connectivity index (χ0) is 43.7. The van der Waals surface area contributed by atoms with Gasteiger partial charge in [0, 0.05) is 12.8 Å². The van der Waals surface area contributed by atoms with Crippen molar-refractivity contribution < 1.29 is 47.2 Å². The summed E-state index contributed by atoms with van der Waals surface area (Å²) in [5.74, 6) is -0.978. The van der Waals surface area contributed by atoms with Crippen molar-refractivity contribution >= 4 is 19.8 Å². The Hall–Kier alpha value is -3.11. The van der Waals surface area contributed by atoms with Gasteiger partial charge in [0.25, 0.3) is 0 Å². The highest BCUT2D eigenvalue weighted by Gasteiger charge is 2.27. The molecular formula is C48H81NO9P+. The topological polar surface area (TPSA) is 129 Å². The summed E-state index contributed by atoms with van der Waals surface area (Å²) < 4.78 is 34.1.